The minimum atomic E-state index is -0.155. The van der Waals surface area contributed by atoms with Gasteiger partial charge in [-0.25, -0.2) is 4.98 Å². The number of nitrogens with one attached hydrogen (secondary N) is 1. The number of hydrogen-bond acceptors (Lipinski definition) is 4. The molecule has 0 saturated heterocycles. The third-order valence-corrected chi connectivity index (χ3v) is 6.43. The van der Waals surface area contributed by atoms with Gasteiger partial charge in [-0.1, -0.05) is 31.2 Å². The smallest absolute Gasteiger partial charge is 0.267 e. The molecule has 3 aromatic rings. The molecule has 0 spiro atoms. The number of aromatic nitrogens is 1. The topological polar surface area (TPSA) is 62.3 Å². The minimum absolute atomic E-state index is 0.0420. The molecule has 0 bridgehead atoms. The van der Waals surface area contributed by atoms with E-state index in [0.29, 0.717) is 11.4 Å². The van der Waals surface area contributed by atoms with Crippen molar-refractivity contribution in [1.29, 1.82) is 0 Å². The van der Waals surface area contributed by atoms with Gasteiger partial charge in [-0.3, -0.25) is 9.59 Å². The molecule has 1 aliphatic heterocycles. The molecule has 0 radical (unpaired) electrons. The lowest BCUT2D eigenvalue weighted by Gasteiger charge is -2.15. The Hall–Kier alpha value is -2.99. The molecule has 148 valence electrons. The molecule has 2 amide bonds. The molecule has 1 aliphatic rings. The molecule has 29 heavy (non-hydrogen) atoms. The summed E-state index contributed by atoms with van der Waals surface area (Å²) in [6, 6.07) is 14.0. The summed E-state index contributed by atoms with van der Waals surface area (Å²) in [6.07, 6.45) is 1.80. The van der Waals surface area contributed by atoms with Gasteiger partial charge < -0.3 is 10.2 Å². The number of carbonyl (C=O) groups excluding carboxylic acids is 2. The average Bonchev–Trinajstić information content (AvgIpc) is 3.31. The largest absolute Gasteiger partial charge is 0.321 e. The van der Waals surface area contributed by atoms with Crippen LogP contribution in [0.3, 0.4) is 0 Å². The van der Waals surface area contributed by atoms with Gasteiger partial charge in [-0.2, -0.15) is 0 Å². The van der Waals surface area contributed by atoms with Crippen molar-refractivity contribution in [3.63, 3.8) is 0 Å². The lowest BCUT2D eigenvalue weighted by atomic mass is 10.1. The number of fused-ring (bicyclic) bond motifs is 1. The van der Waals surface area contributed by atoms with Crippen LogP contribution in [0.2, 0.25) is 0 Å². The van der Waals surface area contributed by atoms with Crippen molar-refractivity contribution >= 4 is 34.5 Å². The predicted molar refractivity (Wildman–Crippen MR) is 118 cm³/mol. The molecule has 0 fully saturated rings. The van der Waals surface area contributed by atoms with E-state index in [1.807, 2.05) is 25.1 Å². The van der Waals surface area contributed by atoms with E-state index in [1.165, 1.54) is 16.9 Å². The van der Waals surface area contributed by atoms with Crippen molar-refractivity contribution in [3.05, 3.63) is 64.2 Å². The van der Waals surface area contributed by atoms with Crippen molar-refractivity contribution in [1.82, 2.24) is 4.98 Å². The minimum Gasteiger partial charge on any atom is -0.321 e. The van der Waals surface area contributed by atoms with Gasteiger partial charge in [-0.15, -0.1) is 11.3 Å². The van der Waals surface area contributed by atoms with Gasteiger partial charge in [0.25, 0.3) is 5.91 Å². The predicted octanol–water partition coefficient (Wildman–Crippen LogP) is 4.84. The number of hydrogen-bond donors (Lipinski definition) is 1. The van der Waals surface area contributed by atoms with Crippen molar-refractivity contribution in [2.45, 2.75) is 33.6 Å². The van der Waals surface area contributed by atoms with E-state index < -0.39 is 0 Å². The molecule has 2 heterocycles. The molecule has 4 rings (SSSR count). The van der Waals surface area contributed by atoms with Crippen LogP contribution < -0.4 is 10.2 Å². The van der Waals surface area contributed by atoms with E-state index in [0.717, 1.165) is 46.0 Å². The Morgan fingerprint density at radius 2 is 1.93 bits per heavy atom. The summed E-state index contributed by atoms with van der Waals surface area (Å²) in [7, 11) is 0. The molecule has 0 atom stereocenters. The number of amides is 2. The van der Waals surface area contributed by atoms with E-state index in [2.05, 4.69) is 41.5 Å². The summed E-state index contributed by atoms with van der Waals surface area (Å²) < 4.78 is 0. The number of rotatable bonds is 4. The quantitative estimate of drug-likeness (QED) is 0.675. The highest BCUT2D eigenvalue weighted by Crippen LogP contribution is 2.32. The average molecular weight is 406 g/mol. The third kappa shape index (κ3) is 3.80. The van der Waals surface area contributed by atoms with Crippen LogP contribution in [-0.4, -0.2) is 23.3 Å². The number of benzene rings is 2. The van der Waals surface area contributed by atoms with E-state index >= 15 is 0 Å². The molecule has 1 aromatic heterocycles. The van der Waals surface area contributed by atoms with E-state index in [4.69, 9.17) is 0 Å². The van der Waals surface area contributed by atoms with Crippen LogP contribution in [0.25, 0.3) is 10.6 Å². The van der Waals surface area contributed by atoms with Gasteiger partial charge in [0.2, 0.25) is 5.91 Å². The van der Waals surface area contributed by atoms with Gasteiger partial charge in [-0.05, 0) is 49.1 Å². The van der Waals surface area contributed by atoms with Crippen LogP contribution in [0.4, 0.5) is 11.4 Å². The van der Waals surface area contributed by atoms with Crippen molar-refractivity contribution in [3.8, 4) is 10.6 Å². The van der Waals surface area contributed by atoms with Crippen LogP contribution >= 0.6 is 11.3 Å². The monoisotopic (exact) mass is 405 g/mol. The molecule has 6 heteroatoms. The van der Waals surface area contributed by atoms with E-state index in [-0.39, 0.29) is 11.8 Å². The van der Waals surface area contributed by atoms with Crippen LogP contribution in [-0.2, 0) is 17.6 Å². The van der Waals surface area contributed by atoms with Gasteiger partial charge in [0.1, 0.15) is 9.88 Å². The molecule has 0 saturated carbocycles. The van der Waals surface area contributed by atoms with Crippen LogP contribution in [0, 0.1) is 6.92 Å². The van der Waals surface area contributed by atoms with Crippen LogP contribution in [0.1, 0.15) is 40.3 Å². The summed E-state index contributed by atoms with van der Waals surface area (Å²) in [5.41, 5.74) is 5.78. The Bertz CT molecular complexity index is 1090. The summed E-state index contributed by atoms with van der Waals surface area (Å²) in [5.74, 6) is -0.113. The Morgan fingerprint density at radius 1 is 1.17 bits per heavy atom. The Morgan fingerprint density at radius 3 is 2.62 bits per heavy atom. The van der Waals surface area contributed by atoms with Gasteiger partial charge in [0.05, 0.1) is 5.69 Å². The zero-order valence-electron chi connectivity index (χ0n) is 16.8. The Kier molecular flexibility index (Phi) is 5.20. The highest BCUT2D eigenvalue weighted by Gasteiger charge is 2.23. The van der Waals surface area contributed by atoms with E-state index in [1.54, 1.807) is 11.8 Å². The number of nitrogens with zero attached hydrogens (tertiary/aromatic N) is 2. The zero-order valence-corrected chi connectivity index (χ0v) is 17.6. The maximum absolute atomic E-state index is 12.8. The summed E-state index contributed by atoms with van der Waals surface area (Å²) in [4.78, 5) is 31.5. The molecule has 0 unspecified atom stereocenters. The molecule has 1 N–H and O–H groups in total. The van der Waals surface area contributed by atoms with Crippen molar-refractivity contribution < 1.29 is 9.59 Å². The second kappa shape index (κ2) is 7.79. The third-order valence-electron chi connectivity index (χ3n) is 5.22. The number of aryl methyl sites for hydroxylation is 2. The maximum Gasteiger partial charge on any atom is 0.267 e. The van der Waals surface area contributed by atoms with Crippen molar-refractivity contribution in [2.24, 2.45) is 0 Å². The van der Waals surface area contributed by atoms with E-state index in [9.17, 15) is 9.59 Å². The standard InChI is InChI=1S/C23H23N3O2S/c1-4-16-5-7-17(8-6-16)23-24-14(2)21(29-23)22(28)25-19-9-10-20-18(13-19)11-12-26(20)15(3)27/h5-10,13H,4,11-12H2,1-3H3,(H,25,28). The Balaban J connectivity index is 1.53. The van der Waals surface area contributed by atoms with Gasteiger partial charge in [0.15, 0.2) is 0 Å². The first kappa shape index (κ1) is 19.3. The fourth-order valence-electron chi connectivity index (χ4n) is 3.61. The highest BCUT2D eigenvalue weighted by atomic mass is 32.1. The summed E-state index contributed by atoms with van der Waals surface area (Å²) in [5, 5.41) is 3.83. The summed E-state index contributed by atoms with van der Waals surface area (Å²) in [6.45, 7) is 6.26. The maximum atomic E-state index is 12.8. The van der Waals surface area contributed by atoms with Crippen LogP contribution in [0.5, 0.6) is 0 Å². The number of anilines is 2. The second-order valence-electron chi connectivity index (χ2n) is 7.20. The first-order valence-electron chi connectivity index (χ1n) is 9.75. The van der Waals surface area contributed by atoms with Gasteiger partial charge >= 0.3 is 0 Å². The number of carbonyl (C=O) groups is 2. The highest BCUT2D eigenvalue weighted by molar-refractivity contribution is 7.17. The fraction of sp³-hybridized carbons (Fsp3) is 0.261. The first-order valence-corrected chi connectivity index (χ1v) is 10.6. The Labute approximate surface area is 174 Å². The second-order valence-corrected chi connectivity index (χ2v) is 8.20. The molecule has 2 aromatic carbocycles. The van der Waals surface area contributed by atoms with Crippen molar-refractivity contribution in [2.75, 3.05) is 16.8 Å². The lowest BCUT2D eigenvalue weighted by molar-refractivity contribution is -0.116. The molecular weight excluding hydrogens is 382 g/mol. The lowest BCUT2D eigenvalue weighted by Crippen LogP contribution is -2.25. The normalized spacial score (nSPS) is 12.7. The fourth-order valence-corrected chi connectivity index (χ4v) is 4.57. The SMILES string of the molecule is CCc1ccc(-c2nc(C)c(C(=O)Nc3ccc4c(c3)CCN4C(C)=O)s2)cc1. The molecular formula is C23H23N3O2S. The molecule has 0 aliphatic carbocycles. The van der Waals surface area contributed by atoms with Crippen LogP contribution in [0.15, 0.2) is 42.5 Å². The van der Waals surface area contributed by atoms with Gasteiger partial charge in [0, 0.05) is 30.4 Å². The molecule has 5 nitrogen and oxygen atoms in total. The first-order chi connectivity index (χ1) is 14.0. The number of thiazole rings is 1. The summed E-state index contributed by atoms with van der Waals surface area (Å²) >= 11 is 1.41. The zero-order chi connectivity index (χ0) is 20.5.